The number of benzene rings is 1. The maximum absolute atomic E-state index is 12.2. The highest BCUT2D eigenvalue weighted by Gasteiger charge is 2.22. The van der Waals surface area contributed by atoms with Crippen LogP contribution in [0.3, 0.4) is 0 Å². The van der Waals surface area contributed by atoms with Gasteiger partial charge in [-0.3, -0.25) is 9.59 Å². The Kier molecular flexibility index (Phi) is 7.01. The van der Waals surface area contributed by atoms with Crippen molar-refractivity contribution in [3.05, 3.63) is 70.1 Å². The van der Waals surface area contributed by atoms with Gasteiger partial charge in [0.15, 0.2) is 0 Å². The van der Waals surface area contributed by atoms with Gasteiger partial charge in [0.1, 0.15) is 6.54 Å². The van der Waals surface area contributed by atoms with Crippen molar-refractivity contribution in [1.29, 1.82) is 0 Å². The number of aromatic nitrogens is 1. The standard InChI is InChI=1S/C22H29N3O3/c1-17-6-5-11-25(22(17)28)16-21(27)23-14-18-9-12-24(13-10-18)15-20(26)19-7-3-2-4-8-19/h2-8,11,18,20,26H,9-10,12-16H2,1H3,(H,23,27). The summed E-state index contributed by atoms with van der Waals surface area (Å²) in [6.45, 7) is 4.92. The maximum Gasteiger partial charge on any atom is 0.253 e. The van der Waals surface area contributed by atoms with Crippen molar-refractivity contribution < 1.29 is 9.90 Å². The van der Waals surface area contributed by atoms with Crippen molar-refractivity contribution in [2.75, 3.05) is 26.2 Å². The summed E-state index contributed by atoms with van der Waals surface area (Å²) < 4.78 is 1.44. The summed E-state index contributed by atoms with van der Waals surface area (Å²) in [5, 5.41) is 13.3. The van der Waals surface area contributed by atoms with E-state index in [0.29, 0.717) is 24.6 Å². The maximum atomic E-state index is 12.2. The molecule has 150 valence electrons. The van der Waals surface area contributed by atoms with Crippen LogP contribution in [0.5, 0.6) is 0 Å². The molecule has 0 radical (unpaired) electrons. The molecule has 1 unspecified atom stereocenters. The van der Waals surface area contributed by atoms with Gasteiger partial charge in [0.05, 0.1) is 6.10 Å². The number of nitrogens with zero attached hydrogens (tertiary/aromatic N) is 2. The van der Waals surface area contributed by atoms with Crippen LogP contribution in [0.25, 0.3) is 0 Å². The van der Waals surface area contributed by atoms with Crippen molar-refractivity contribution in [1.82, 2.24) is 14.8 Å². The third kappa shape index (κ3) is 5.53. The van der Waals surface area contributed by atoms with Crippen molar-refractivity contribution >= 4 is 5.91 Å². The monoisotopic (exact) mass is 383 g/mol. The predicted octanol–water partition coefficient (Wildman–Crippen LogP) is 1.72. The Morgan fingerprint density at radius 3 is 2.61 bits per heavy atom. The number of aliphatic hydroxyl groups excluding tert-OH is 1. The zero-order valence-electron chi connectivity index (χ0n) is 16.4. The van der Waals surface area contributed by atoms with Crippen LogP contribution in [0, 0.1) is 12.8 Å². The second-order valence-electron chi connectivity index (χ2n) is 7.60. The number of carbonyl (C=O) groups is 1. The first-order valence-corrected chi connectivity index (χ1v) is 9.91. The molecule has 2 heterocycles. The lowest BCUT2D eigenvalue weighted by molar-refractivity contribution is -0.122. The Bertz CT molecular complexity index is 826. The molecular formula is C22H29N3O3. The van der Waals surface area contributed by atoms with Crippen LogP contribution in [0.1, 0.15) is 30.1 Å². The summed E-state index contributed by atoms with van der Waals surface area (Å²) in [6, 6.07) is 13.3. The SMILES string of the molecule is Cc1cccn(CC(=O)NCC2CCN(CC(O)c3ccccc3)CC2)c1=O. The van der Waals surface area contributed by atoms with E-state index in [1.807, 2.05) is 30.3 Å². The average molecular weight is 383 g/mol. The highest BCUT2D eigenvalue weighted by atomic mass is 16.3. The molecular weight excluding hydrogens is 354 g/mol. The molecule has 2 N–H and O–H groups in total. The first-order chi connectivity index (χ1) is 13.5. The first kappa shape index (κ1) is 20.3. The number of hydrogen-bond acceptors (Lipinski definition) is 4. The molecule has 0 bridgehead atoms. The lowest BCUT2D eigenvalue weighted by Crippen LogP contribution is -2.41. The second-order valence-corrected chi connectivity index (χ2v) is 7.60. The molecule has 1 aromatic heterocycles. The summed E-state index contributed by atoms with van der Waals surface area (Å²) in [4.78, 5) is 26.4. The molecule has 1 saturated heterocycles. The fraction of sp³-hybridized carbons (Fsp3) is 0.455. The van der Waals surface area contributed by atoms with Crippen molar-refractivity contribution in [2.45, 2.75) is 32.4 Å². The van der Waals surface area contributed by atoms with Gasteiger partial charge >= 0.3 is 0 Å². The van der Waals surface area contributed by atoms with Crippen LogP contribution < -0.4 is 10.9 Å². The van der Waals surface area contributed by atoms with E-state index in [0.717, 1.165) is 31.5 Å². The topological polar surface area (TPSA) is 74.6 Å². The Labute approximate surface area is 165 Å². The fourth-order valence-electron chi connectivity index (χ4n) is 3.65. The third-order valence-electron chi connectivity index (χ3n) is 5.43. The molecule has 1 fully saturated rings. The van der Waals surface area contributed by atoms with Gasteiger partial charge in [0, 0.05) is 24.8 Å². The Hall–Kier alpha value is -2.44. The van der Waals surface area contributed by atoms with Crippen LogP contribution in [0.15, 0.2) is 53.5 Å². The molecule has 0 aliphatic carbocycles. The Balaban J connectivity index is 1.39. The molecule has 28 heavy (non-hydrogen) atoms. The number of aliphatic hydroxyl groups is 1. The molecule has 6 nitrogen and oxygen atoms in total. The van der Waals surface area contributed by atoms with Crippen molar-refractivity contribution in [3.63, 3.8) is 0 Å². The van der Waals surface area contributed by atoms with Crippen LogP contribution in [0.2, 0.25) is 0 Å². The number of piperidine rings is 1. The largest absolute Gasteiger partial charge is 0.387 e. The average Bonchev–Trinajstić information content (AvgIpc) is 2.71. The molecule has 1 aliphatic rings. The number of carbonyl (C=O) groups excluding carboxylic acids is 1. The van der Waals surface area contributed by atoms with Gasteiger partial charge in [-0.1, -0.05) is 36.4 Å². The number of amides is 1. The van der Waals surface area contributed by atoms with Gasteiger partial charge in [0.2, 0.25) is 5.91 Å². The molecule has 1 atom stereocenters. The summed E-state index contributed by atoms with van der Waals surface area (Å²) in [7, 11) is 0. The van der Waals surface area contributed by atoms with Gasteiger partial charge in [-0.15, -0.1) is 0 Å². The van der Waals surface area contributed by atoms with Crippen LogP contribution >= 0.6 is 0 Å². The van der Waals surface area contributed by atoms with E-state index in [-0.39, 0.29) is 18.0 Å². The van der Waals surface area contributed by atoms with Crippen LogP contribution in [0.4, 0.5) is 0 Å². The predicted molar refractivity (Wildman–Crippen MR) is 109 cm³/mol. The number of hydrogen-bond donors (Lipinski definition) is 2. The number of aryl methyl sites for hydroxylation is 1. The van der Waals surface area contributed by atoms with Crippen LogP contribution in [-0.4, -0.2) is 46.7 Å². The molecule has 0 saturated carbocycles. The zero-order valence-corrected chi connectivity index (χ0v) is 16.4. The molecule has 6 heteroatoms. The third-order valence-corrected chi connectivity index (χ3v) is 5.43. The lowest BCUT2D eigenvalue weighted by Gasteiger charge is -2.33. The highest BCUT2D eigenvalue weighted by molar-refractivity contribution is 5.75. The summed E-state index contributed by atoms with van der Waals surface area (Å²) >= 11 is 0. The van der Waals surface area contributed by atoms with E-state index in [4.69, 9.17) is 0 Å². The zero-order chi connectivity index (χ0) is 19.9. The van der Waals surface area contributed by atoms with E-state index in [9.17, 15) is 14.7 Å². The lowest BCUT2D eigenvalue weighted by atomic mass is 9.96. The van der Waals surface area contributed by atoms with E-state index >= 15 is 0 Å². The first-order valence-electron chi connectivity index (χ1n) is 9.91. The molecule has 1 aliphatic heterocycles. The van der Waals surface area contributed by atoms with Gasteiger partial charge < -0.3 is 19.9 Å². The molecule has 0 spiro atoms. The number of pyridine rings is 1. The summed E-state index contributed by atoms with van der Waals surface area (Å²) in [5.74, 6) is 0.304. The number of rotatable bonds is 7. The van der Waals surface area contributed by atoms with Gasteiger partial charge in [-0.05, 0) is 50.4 Å². The van der Waals surface area contributed by atoms with Gasteiger partial charge in [-0.25, -0.2) is 0 Å². The number of likely N-dealkylation sites (tertiary alicyclic amines) is 1. The molecule has 3 rings (SSSR count). The van der Waals surface area contributed by atoms with E-state index in [1.54, 1.807) is 25.3 Å². The molecule has 1 amide bonds. The quantitative estimate of drug-likeness (QED) is 0.764. The van der Waals surface area contributed by atoms with E-state index in [1.165, 1.54) is 4.57 Å². The minimum absolute atomic E-state index is 0.0582. The summed E-state index contributed by atoms with van der Waals surface area (Å²) in [5.41, 5.74) is 1.46. The molecule has 1 aromatic carbocycles. The van der Waals surface area contributed by atoms with Crippen molar-refractivity contribution in [3.8, 4) is 0 Å². The Morgan fingerprint density at radius 1 is 1.18 bits per heavy atom. The Morgan fingerprint density at radius 2 is 1.89 bits per heavy atom. The minimum Gasteiger partial charge on any atom is -0.387 e. The smallest absolute Gasteiger partial charge is 0.253 e. The van der Waals surface area contributed by atoms with Gasteiger partial charge in [0.25, 0.3) is 5.56 Å². The number of nitrogens with one attached hydrogen (secondary N) is 1. The van der Waals surface area contributed by atoms with E-state index in [2.05, 4.69) is 10.2 Å². The van der Waals surface area contributed by atoms with Crippen molar-refractivity contribution in [2.24, 2.45) is 5.92 Å². The minimum atomic E-state index is -0.468. The van der Waals surface area contributed by atoms with E-state index < -0.39 is 6.10 Å². The normalized spacial score (nSPS) is 16.6. The van der Waals surface area contributed by atoms with Crippen LogP contribution in [-0.2, 0) is 11.3 Å². The fourth-order valence-corrected chi connectivity index (χ4v) is 3.65. The number of β-amino-alcohol motifs (C(OH)–C–C–N with tert-alkyl or cyclic N) is 1. The molecule has 2 aromatic rings. The highest BCUT2D eigenvalue weighted by Crippen LogP contribution is 2.20. The second kappa shape index (κ2) is 9.66. The summed E-state index contributed by atoms with van der Waals surface area (Å²) in [6.07, 6.45) is 3.16. The van der Waals surface area contributed by atoms with Gasteiger partial charge in [-0.2, -0.15) is 0 Å².